The third kappa shape index (κ3) is 6.69. The molecule has 1 heterocycles. The van der Waals surface area contributed by atoms with Crippen LogP contribution in [0.4, 0.5) is 0 Å². The molecule has 3 rings (SSSR count). The van der Waals surface area contributed by atoms with Gasteiger partial charge in [0, 0.05) is 13.1 Å². The molecule has 1 aliphatic heterocycles. The van der Waals surface area contributed by atoms with E-state index in [1.54, 1.807) is 19.1 Å². The lowest BCUT2D eigenvalue weighted by molar-refractivity contribution is -0.127. The predicted molar refractivity (Wildman–Crippen MR) is 125 cm³/mol. The first-order chi connectivity index (χ1) is 15.8. The zero-order valence-electron chi connectivity index (χ0n) is 19.3. The highest BCUT2D eigenvalue weighted by Gasteiger charge is 2.26. The van der Waals surface area contributed by atoms with E-state index in [4.69, 9.17) is 14.2 Å². The van der Waals surface area contributed by atoms with Crippen LogP contribution in [0, 0.1) is 0 Å². The summed E-state index contributed by atoms with van der Waals surface area (Å²) in [5.41, 5.74) is 1.06. The standard InChI is InChI=1S/C24H32N2O6S/c1-18(2)22-6-4-5-7-23(22)32-19(3)24(27)25-12-15-31-20-8-10-21(11-9-20)33(28,29)26-13-16-30-17-14-26/h4-11,18-19H,12-17H2,1-3H3,(H,25,27)/t19-/m1/s1. The van der Waals surface area contributed by atoms with E-state index in [0.717, 1.165) is 5.56 Å². The van der Waals surface area contributed by atoms with Crippen LogP contribution in [0.25, 0.3) is 0 Å². The number of sulfonamides is 1. The maximum absolute atomic E-state index is 12.7. The second-order valence-corrected chi connectivity index (χ2v) is 10.0. The molecular weight excluding hydrogens is 444 g/mol. The molecule has 1 saturated heterocycles. The zero-order valence-corrected chi connectivity index (χ0v) is 20.1. The van der Waals surface area contributed by atoms with E-state index in [2.05, 4.69) is 19.2 Å². The highest BCUT2D eigenvalue weighted by molar-refractivity contribution is 7.89. The van der Waals surface area contributed by atoms with Gasteiger partial charge in [0.15, 0.2) is 6.10 Å². The Morgan fingerprint density at radius 1 is 1.06 bits per heavy atom. The highest BCUT2D eigenvalue weighted by Crippen LogP contribution is 2.26. The van der Waals surface area contributed by atoms with Gasteiger partial charge in [0.25, 0.3) is 5.91 Å². The summed E-state index contributed by atoms with van der Waals surface area (Å²) in [5.74, 6) is 1.29. The van der Waals surface area contributed by atoms with Gasteiger partial charge in [-0.1, -0.05) is 32.0 Å². The number of nitrogens with one attached hydrogen (secondary N) is 1. The van der Waals surface area contributed by atoms with Crippen molar-refractivity contribution < 1.29 is 27.4 Å². The van der Waals surface area contributed by atoms with E-state index in [1.165, 1.54) is 16.4 Å². The number of benzene rings is 2. The van der Waals surface area contributed by atoms with Gasteiger partial charge in [0.1, 0.15) is 18.1 Å². The predicted octanol–water partition coefficient (Wildman–Crippen LogP) is 2.79. The zero-order chi connectivity index (χ0) is 23.8. The van der Waals surface area contributed by atoms with Gasteiger partial charge in [-0.05, 0) is 48.7 Å². The van der Waals surface area contributed by atoms with Gasteiger partial charge in [-0.25, -0.2) is 8.42 Å². The molecule has 8 nitrogen and oxygen atoms in total. The van der Waals surface area contributed by atoms with Gasteiger partial charge in [-0.15, -0.1) is 0 Å². The van der Waals surface area contributed by atoms with E-state index in [9.17, 15) is 13.2 Å². The molecule has 0 aliphatic carbocycles. The van der Waals surface area contributed by atoms with E-state index < -0.39 is 16.1 Å². The molecule has 1 fully saturated rings. The molecule has 0 saturated carbocycles. The number of carbonyl (C=O) groups excluding carboxylic acids is 1. The van der Waals surface area contributed by atoms with Crippen molar-refractivity contribution in [2.24, 2.45) is 0 Å². The number of rotatable bonds is 10. The Bertz CT molecular complexity index is 1020. The Morgan fingerprint density at radius 3 is 2.39 bits per heavy atom. The number of nitrogens with zero attached hydrogens (tertiary/aromatic N) is 1. The first-order valence-corrected chi connectivity index (χ1v) is 12.6. The van der Waals surface area contributed by atoms with Gasteiger partial charge in [-0.3, -0.25) is 4.79 Å². The van der Waals surface area contributed by atoms with Crippen LogP contribution in [0.2, 0.25) is 0 Å². The maximum atomic E-state index is 12.7. The first kappa shape index (κ1) is 25.0. The summed E-state index contributed by atoms with van der Waals surface area (Å²) in [5, 5.41) is 2.80. The third-order valence-electron chi connectivity index (χ3n) is 5.32. The molecule has 180 valence electrons. The van der Waals surface area contributed by atoms with Crippen molar-refractivity contribution in [2.45, 2.75) is 37.7 Å². The maximum Gasteiger partial charge on any atom is 0.260 e. The fourth-order valence-electron chi connectivity index (χ4n) is 3.44. The summed E-state index contributed by atoms with van der Waals surface area (Å²) in [4.78, 5) is 12.6. The van der Waals surface area contributed by atoms with Gasteiger partial charge in [0.05, 0.1) is 24.7 Å². The molecule has 2 aromatic carbocycles. The lowest BCUT2D eigenvalue weighted by Gasteiger charge is -2.26. The second kappa shape index (κ2) is 11.5. The highest BCUT2D eigenvalue weighted by atomic mass is 32.2. The minimum atomic E-state index is -3.53. The molecule has 0 aromatic heterocycles. The summed E-state index contributed by atoms with van der Waals surface area (Å²) < 4.78 is 43.4. The monoisotopic (exact) mass is 476 g/mol. The van der Waals surface area contributed by atoms with Crippen molar-refractivity contribution in [2.75, 3.05) is 39.5 Å². The summed E-state index contributed by atoms with van der Waals surface area (Å²) in [6, 6.07) is 14.0. The van der Waals surface area contributed by atoms with Crippen molar-refractivity contribution in [1.29, 1.82) is 0 Å². The number of morpholine rings is 1. The lowest BCUT2D eigenvalue weighted by Crippen LogP contribution is -2.40. The minimum Gasteiger partial charge on any atom is -0.492 e. The molecule has 1 amide bonds. The van der Waals surface area contributed by atoms with Crippen molar-refractivity contribution >= 4 is 15.9 Å². The fourth-order valence-corrected chi connectivity index (χ4v) is 4.85. The summed E-state index contributed by atoms with van der Waals surface area (Å²) in [6.45, 7) is 7.92. The molecule has 1 aliphatic rings. The Kier molecular flexibility index (Phi) is 8.71. The quantitative estimate of drug-likeness (QED) is 0.530. The molecule has 9 heteroatoms. The van der Waals surface area contributed by atoms with Crippen LogP contribution in [-0.2, 0) is 19.6 Å². The largest absolute Gasteiger partial charge is 0.492 e. The van der Waals surface area contributed by atoms with Crippen molar-refractivity contribution in [3.8, 4) is 11.5 Å². The Morgan fingerprint density at radius 2 is 1.73 bits per heavy atom. The van der Waals surface area contributed by atoms with Crippen LogP contribution in [0.15, 0.2) is 53.4 Å². The third-order valence-corrected chi connectivity index (χ3v) is 7.23. The van der Waals surface area contributed by atoms with Crippen LogP contribution >= 0.6 is 0 Å². The van der Waals surface area contributed by atoms with Crippen molar-refractivity contribution in [3.63, 3.8) is 0 Å². The number of amides is 1. The van der Waals surface area contributed by atoms with Crippen LogP contribution in [0.1, 0.15) is 32.3 Å². The molecule has 0 bridgehead atoms. The molecule has 1 atom stereocenters. The molecule has 33 heavy (non-hydrogen) atoms. The smallest absolute Gasteiger partial charge is 0.260 e. The average Bonchev–Trinajstić information content (AvgIpc) is 2.82. The van der Waals surface area contributed by atoms with Crippen LogP contribution in [-0.4, -0.2) is 64.2 Å². The second-order valence-electron chi connectivity index (χ2n) is 8.08. The summed E-state index contributed by atoms with van der Waals surface area (Å²) >= 11 is 0. The number of para-hydroxylation sites is 1. The van der Waals surface area contributed by atoms with E-state index in [1.807, 2.05) is 24.3 Å². The Labute approximate surface area is 195 Å². The van der Waals surface area contributed by atoms with E-state index in [0.29, 0.717) is 50.3 Å². The summed E-state index contributed by atoms with van der Waals surface area (Å²) in [7, 11) is -3.53. The van der Waals surface area contributed by atoms with E-state index >= 15 is 0 Å². The van der Waals surface area contributed by atoms with Crippen LogP contribution in [0.5, 0.6) is 11.5 Å². The first-order valence-electron chi connectivity index (χ1n) is 11.1. The van der Waals surface area contributed by atoms with Gasteiger partial charge >= 0.3 is 0 Å². The SMILES string of the molecule is CC(C)c1ccccc1O[C@H](C)C(=O)NCCOc1ccc(S(=O)(=O)N2CCOCC2)cc1. The average molecular weight is 477 g/mol. The summed E-state index contributed by atoms with van der Waals surface area (Å²) in [6.07, 6.45) is -0.644. The topological polar surface area (TPSA) is 94.2 Å². The molecule has 1 N–H and O–H groups in total. The van der Waals surface area contributed by atoms with Crippen molar-refractivity contribution in [1.82, 2.24) is 9.62 Å². The molecule has 0 spiro atoms. The molecular formula is C24H32N2O6S. The normalized spacial score (nSPS) is 15.8. The molecule has 0 radical (unpaired) electrons. The lowest BCUT2D eigenvalue weighted by atomic mass is 10.0. The van der Waals surface area contributed by atoms with Gasteiger partial charge < -0.3 is 19.5 Å². The van der Waals surface area contributed by atoms with Gasteiger partial charge in [-0.2, -0.15) is 4.31 Å². The number of ether oxygens (including phenoxy) is 3. The molecule has 0 unspecified atom stereocenters. The Balaban J connectivity index is 1.44. The van der Waals surface area contributed by atoms with Crippen LogP contribution < -0.4 is 14.8 Å². The minimum absolute atomic E-state index is 0.220. The van der Waals surface area contributed by atoms with E-state index in [-0.39, 0.29) is 17.4 Å². The van der Waals surface area contributed by atoms with Crippen LogP contribution in [0.3, 0.4) is 0 Å². The number of hydrogen-bond donors (Lipinski definition) is 1. The Hall–Kier alpha value is -2.62. The number of carbonyl (C=O) groups is 1. The van der Waals surface area contributed by atoms with Gasteiger partial charge in [0.2, 0.25) is 10.0 Å². The van der Waals surface area contributed by atoms with Crippen molar-refractivity contribution in [3.05, 3.63) is 54.1 Å². The fraction of sp³-hybridized carbons (Fsp3) is 0.458. The number of hydrogen-bond acceptors (Lipinski definition) is 6. The molecule has 2 aromatic rings.